The first-order chi connectivity index (χ1) is 11.8. The summed E-state index contributed by atoms with van der Waals surface area (Å²) < 4.78 is 37.5. The van der Waals surface area contributed by atoms with E-state index < -0.39 is 36.0 Å². The Labute approximate surface area is 141 Å². The predicted molar refractivity (Wildman–Crippen MR) is 82.1 cm³/mol. The van der Waals surface area contributed by atoms with Gasteiger partial charge in [-0.3, -0.25) is 19.3 Å². The van der Waals surface area contributed by atoms with E-state index in [0.29, 0.717) is 12.8 Å². The van der Waals surface area contributed by atoms with Crippen molar-refractivity contribution in [2.75, 3.05) is 11.9 Å². The first kappa shape index (κ1) is 17.2. The maximum atomic E-state index is 12.5. The number of nitrogens with one attached hydrogen (secondary N) is 1. The van der Waals surface area contributed by atoms with Gasteiger partial charge in [-0.15, -0.1) is 0 Å². The number of allylic oxidation sites excluding steroid dienone is 2. The van der Waals surface area contributed by atoms with Gasteiger partial charge in [-0.05, 0) is 37.1 Å². The van der Waals surface area contributed by atoms with Crippen LogP contribution in [0.1, 0.15) is 18.4 Å². The summed E-state index contributed by atoms with van der Waals surface area (Å²) in [6.45, 7) is -0.439. The number of amides is 3. The molecule has 25 heavy (non-hydrogen) atoms. The maximum absolute atomic E-state index is 12.5. The number of nitrogens with zero attached hydrogens (tertiary/aromatic N) is 1. The average molecular weight is 352 g/mol. The standard InChI is InChI=1S/C17H15F3N2O3/c18-17(19,20)10-5-7-11(8-6-10)21-14(23)9-22-15(24)12-3-1-2-4-13(12)16(22)25/h1-2,5-8,12-13H,3-4,9H2,(H,21,23)/t12-,13-/m0/s1. The van der Waals surface area contributed by atoms with Crippen LogP contribution in [-0.2, 0) is 20.6 Å². The first-order valence-electron chi connectivity index (χ1n) is 7.74. The molecule has 0 unspecified atom stereocenters. The number of halogens is 3. The number of imide groups is 1. The molecule has 3 amide bonds. The Morgan fingerprint density at radius 1 is 1.04 bits per heavy atom. The molecule has 0 saturated carbocycles. The van der Waals surface area contributed by atoms with Gasteiger partial charge in [0.2, 0.25) is 17.7 Å². The Morgan fingerprint density at radius 3 is 2.04 bits per heavy atom. The predicted octanol–water partition coefficient (Wildman–Crippen LogP) is 2.60. The highest BCUT2D eigenvalue weighted by Crippen LogP contribution is 2.35. The normalized spacial score (nSPS) is 22.9. The third-order valence-corrected chi connectivity index (χ3v) is 4.40. The molecule has 1 saturated heterocycles. The van der Waals surface area contributed by atoms with Gasteiger partial charge in [0.05, 0.1) is 17.4 Å². The molecule has 5 nitrogen and oxygen atoms in total. The van der Waals surface area contributed by atoms with Crippen LogP contribution in [0.5, 0.6) is 0 Å². The third-order valence-electron chi connectivity index (χ3n) is 4.40. The number of hydrogen-bond donors (Lipinski definition) is 1. The van der Waals surface area contributed by atoms with Crippen LogP contribution in [0.2, 0.25) is 0 Å². The van der Waals surface area contributed by atoms with Crippen molar-refractivity contribution in [3.63, 3.8) is 0 Å². The maximum Gasteiger partial charge on any atom is 0.416 e. The summed E-state index contributed by atoms with van der Waals surface area (Å²) in [5.41, 5.74) is -0.664. The van der Waals surface area contributed by atoms with Gasteiger partial charge in [0.1, 0.15) is 6.54 Å². The fourth-order valence-electron chi connectivity index (χ4n) is 3.11. The number of carbonyl (C=O) groups is 3. The van der Waals surface area contributed by atoms with Gasteiger partial charge in [0, 0.05) is 5.69 Å². The van der Waals surface area contributed by atoms with E-state index in [1.807, 2.05) is 12.2 Å². The highest BCUT2D eigenvalue weighted by Gasteiger charge is 2.47. The summed E-state index contributed by atoms with van der Waals surface area (Å²) in [6.07, 6.45) is 0.191. The minimum absolute atomic E-state index is 0.163. The van der Waals surface area contributed by atoms with Crippen molar-refractivity contribution in [1.82, 2.24) is 4.90 Å². The molecule has 1 aliphatic carbocycles. The van der Waals surface area contributed by atoms with Crippen LogP contribution < -0.4 is 5.32 Å². The zero-order valence-corrected chi connectivity index (χ0v) is 13.0. The molecule has 1 fully saturated rings. The van der Waals surface area contributed by atoms with Crippen LogP contribution in [0.3, 0.4) is 0 Å². The fraction of sp³-hybridized carbons (Fsp3) is 0.353. The smallest absolute Gasteiger partial charge is 0.325 e. The molecule has 1 aromatic carbocycles. The lowest BCUT2D eigenvalue weighted by molar-refractivity contribution is -0.142. The van der Waals surface area contributed by atoms with Gasteiger partial charge in [-0.25, -0.2) is 0 Å². The largest absolute Gasteiger partial charge is 0.416 e. The van der Waals surface area contributed by atoms with Crippen molar-refractivity contribution in [3.8, 4) is 0 Å². The topological polar surface area (TPSA) is 66.5 Å². The summed E-state index contributed by atoms with van der Waals surface area (Å²) in [5, 5.41) is 2.40. The molecule has 132 valence electrons. The summed E-state index contributed by atoms with van der Waals surface area (Å²) >= 11 is 0. The molecule has 1 heterocycles. The Hall–Kier alpha value is -2.64. The van der Waals surface area contributed by atoms with Crippen LogP contribution in [-0.4, -0.2) is 29.2 Å². The van der Waals surface area contributed by atoms with Crippen molar-refractivity contribution in [2.24, 2.45) is 11.8 Å². The molecule has 0 bridgehead atoms. The van der Waals surface area contributed by atoms with Crippen molar-refractivity contribution in [2.45, 2.75) is 19.0 Å². The van der Waals surface area contributed by atoms with E-state index in [-0.39, 0.29) is 17.5 Å². The van der Waals surface area contributed by atoms with E-state index >= 15 is 0 Å². The summed E-state index contributed by atoms with van der Waals surface area (Å²) in [7, 11) is 0. The number of carbonyl (C=O) groups excluding carboxylic acids is 3. The molecule has 0 aromatic heterocycles. The van der Waals surface area contributed by atoms with Crippen molar-refractivity contribution in [3.05, 3.63) is 42.0 Å². The Morgan fingerprint density at radius 2 is 1.56 bits per heavy atom. The molecular weight excluding hydrogens is 337 g/mol. The van der Waals surface area contributed by atoms with Gasteiger partial charge in [0.25, 0.3) is 0 Å². The highest BCUT2D eigenvalue weighted by molar-refractivity contribution is 6.08. The number of hydrogen-bond acceptors (Lipinski definition) is 3. The highest BCUT2D eigenvalue weighted by atomic mass is 19.4. The molecular formula is C17H15F3N2O3. The average Bonchev–Trinajstić information content (AvgIpc) is 2.80. The van der Waals surface area contributed by atoms with E-state index in [1.54, 1.807) is 0 Å². The van der Waals surface area contributed by atoms with Crippen molar-refractivity contribution >= 4 is 23.4 Å². The Balaban J connectivity index is 1.63. The lowest BCUT2D eigenvalue weighted by Crippen LogP contribution is -2.38. The number of rotatable bonds is 3. The molecule has 0 spiro atoms. The molecule has 2 atom stereocenters. The van der Waals surface area contributed by atoms with Crippen LogP contribution in [0.4, 0.5) is 18.9 Å². The second kappa shape index (κ2) is 6.34. The SMILES string of the molecule is O=C(CN1C(=O)[C@H]2CC=CC[C@@H]2C1=O)Nc1ccc(C(F)(F)F)cc1. The Kier molecular flexibility index (Phi) is 4.36. The second-order valence-electron chi connectivity index (χ2n) is 6.04. The van der Waals surface area contributed by atoms with Crippen LogP contribution >= 0.6 is 0 Å². The van der Waals surface area contributed by atoms with Crippen LogP contribution in [0.15, 0.2) is 36.4 Å². The third kappa shape index (κ3) is 3.42. The molecule has 0 radical (unpaired) electrons. The molecule has 8 heteroatoms. The van der Waals surface area contributed by atoms with Crippen molar-refractivity contribution < 1.29 is 27.6 Å². The summed E-state index contributed by atoms with van der Waals surface area (Å²) in [5.74, 6) is -2.22. The summed E-state index contributed by atoms with van der Waals surface area (Å²) in [4.78, 5) is 37.5. The van der Waals surface area contributed by atoms with Gasteiger partial charge < -0.3 is 5.32 Å². The quantitative estimate of drug-likeness (QED) is 0.672. The zero-order valence-electron chi connectivity index (χ0n) is 13.0. The number of alkyl halides is 3. The number of fused-ring (bicyclic) bond motifs is 1. The number of anilines is 1. The second-order valence-corrected chi connectivity index (χ2v) is 6.04. The van der Waals surface area contributed by atoms with Gasteiger partial charge in [0.15, 0.2) is 0 Å². The number of benzene rings is 1. The lowest BCUT2D eigenvalue weighted by atomic mass is 9.85. The zero-order chi connectivity index (χ0) is 18.2. The monoisotopic (exact) mass is 352 g/mol. The van der Waals surface area contributed by atoms with E-state index in [0.717, 1.165) is 29.2 Å². The van der Waals surface area contributed by atoms with E-state index in [4.69, 9.17) is 0 Å². The molecule has 1 N–H and O–H groups in total. The lowest BCUT2D eigenvalue weighted by Gasteiger charge is -2.14. The van der Waals surface area contributed by atoms with E-state index in [1.165, 1.54) is 0 Å². The first-order valence-corrected chi connectivity index (χ1v) is 7.74. The van der Waals surface area contributed by atoms with Gasteiger partial charge >= 0.3 is 6.18 Å². The van der Waals surface area contributed by atoms with Crippen molar-refractivity contribution in [1.29, 1.82) is 0 Å². The Bertz CT molecular complexity index is 715. The van der Waals surface area contributed by atoms with Crippen LogP contribution in [0.25, 0.3) is 0 Å². The molecule has 1 aliphatic heterocycles. The van der Waals surface area contributed by atoms with E-state index in [2.05, 4.69) is 5.32 Å². The minimum Gasteiger partial charge on any atom is -0.325 e. The number of likely N-dealkylation sites (tertiary alicyclic amines) is 1. The molecule has 2 aliphatic rings. The minimum atomic E-state index is -4.46. The van der Waals surface area contributed by atoms with Crippen LogP contribution in [0, 0.1) is 11.8 Å². The summed E-state index contributed by atoms with van der Waals surface area (Å²) in [6, 6.07) is 3.94. The molecule has 1 aromatic rings. The van der Waals surface area contributed by atoms with Gasteiger partial charge in [-0.1, -0.05) is 12.2 Å². The van der Waals surface area contributed by atoms with E-state index in [9.17, 15) is 27.6 Å². The van der Waals surface area contributed by atoms with Gasteiger partial charge in [-0.2, -0.15) is 13.2 Å². The fourth-order valence-corrected chi connectivity index (χ4v) is 3.11. The molecule has 3 rings (SSSR count).